The van der Waals surface area contributed by atoms with Crippen molar-refractivity contribution in [1.82, 2.24) is 14.7 Å². The molecule has 0 fully saturated rings. The van der Waals surface area contributed by atoms with Crippen LogP contribution >= 0.6 is 0 Å². The van der Waals surface area contributed by atoms with Gasteiger partial charge in [0, 0.05) is 37.5 Å². The number of methoxy groups -OCH3 is 1. The Bertz CT molecular complexity index is 1460. The van der Waals surface area contributed by atoms with Crippen molar-refractivity contribution in [2.75, 3.05) is 38.9 Å². The molecule has 9 nitrogen and oxygen atoms in total. The van der Waals surface area contributed by atoms with E-state index < -0.39 is 27.8 Å². The average Bonchev–Trinajstić information content (AvgIpc) is 3.24. The Balaban J connectivity index is 1.75. The summed E-state index contributed by atoms with van der Waals surface area (Å²) in [5, 5.41) is 3.78. The van der Waals surface area contributed by atoms with E-state index in [0.717, 1.165) is 10.9 Å². The molecule has 13 heteroatoms. The maximum Gasteiger partial charge on any atom is 0.435 e. The first-order chi connectivity index (χ1) is 17.3. The molecule has 0 spiro atoms. The van der Waals surface area contributed by atoms with Crippen molar-refractivity contribution in [3.8, 4) is 11.4 Å². The molecule has 0 saturated carbocycles. The highest BCUT2D eigenvalue weighted by atomic mass is 32.2. The second-order valence-corrected chi connectivity index (χ2v) is 10.2. The first-order valence-electron chi connectivity index (χ1n) is 11.0. The highest BCUT2D eigenvalue weighted by Crippen LogP contribution is 2.37. The van der Waals surface area contributed by atoms with Crippen molar-refractivity contribution in [2.24, 2.45) is 4.40 Å². The van der Waals surface area contributed by atoms with E-state index in [-0.39, 0.29) is 35.7 Å². The van der Waals surface area contributed by atoms with Crippen molar-refractivity contribution in [3.05, 3.63) is 71.0 Å². The van der Waals surface area contributed by atoms with Crippen LogP contribution in [0, 0.1) is 0 Å². The number of amides is 1. The van der Waals surface area contributed by atoms with E-state index in [0.29, 0.717) is 17.0 Å². The fourth-order valence-corrected chi connectivity index (χ4v) is 4.67. The molecule has 0 bridgehead atoms. The number of alkyl halides is 3. The normalized spacial score (nSPS) is 14.5. The summed E-state index contributed by atoms with van der Waals surface area (Å²) < 4.78 is 74.6. The molecule has 1 aliphatic heterocycles. The molecule has 1 aromatic heterocycles. The number of anilines is 1. The molecule has 4 rings (SSSR count). The Hall–Kier alpha value is -3.87. The van der Waals surface area contributed by atoms with Gasteiger partial charge in [-0.05, 0) is 55.0 Å². The molecule has 0 radical (unpaired) electrons. The van der Waals surface area contributed by atoms with Gasteiger partial charge in [-0.25, -0.2) is 13.1 Å². The summed E-state index contributed by atoms with van der Waals surface area (Å²) in [6, 6.07) is 12.6. The van der Waals surface area contributed by atoms with E-state index >= 15 is 0 Å². The second kappa shape index (κ2) is 9.54. The van der Waals surface area contributed by atoms with Crippen LogP contribution in [0.15, 0.2) is 52.9 Å². The van der Waals surface area contributed by atoms with Crippen molar-refractivity contribution >= 4 is 27.5 Å². The van der Waals surface area contributed by atoms with E-state index in [1.165, 1.54) is 24.1 Å². The zero-order valence-corrected chi connectivity index (χ0v) is 21.3. The van der Waals surface area contributed by atoms with Gasteiger partial charge in [0.25, 0.3) is 15.9 Å². The largest absolute Gasteiger partial charge is 0.497 e. The lowest BCUT2D eigenvalue weighted by Gasteiger charge is -2.28. The number of halogens is 3. The van der Waals surface area contributed by atoms with Gasteiger partial charge in [-0.2, -0.15) is 18.3 Å². The molecule has 1 aliphatic rings. The number of carbonyl (C=O) groups excluding carboxylic acids is 1. The summed E-state index contributed by atoms with van der Waals surface area (Å²) in [5.74, 6) is 0.0736. The van der Waals surface area contributed by atoms with Gasteiger partial charge in [-0.15, -0.1) is 4.40 Å². The number of hydrogen-bond acceptors (Lipinski definition) is 5. The number of carbonyl (C=O) groups is 1. The molecule has 0 atom stereocenters. The van der Waals surface area contributed by atoms with Crippen LogP contribution < -0.4 is 9.64 Å². The Morgan fingerprint density at radius 3 is 2.16 bits per heavy atom. The number of hydrogen-bond donors (Lipinski definition) is 0. The zero-order chi connectivity index (χ0) is 27.1. The number of nitrogens with zero attached hydrogens (tertiary/aromatic N) is 5. The van der Waals surface area contributed by atoms with E-state index in [2.05, 4.69) is 9.50 Å². The average molecular weight is 536 g/mol. The third-order valence-electron chi connectivity index (χ3n) is 5.72. The fourth-order valence-electron chi connectivity index (χ4n) is 4.08. The van der Waals surface area contributed by atoms with Crippen LogP contribution in [0.25, 0.3) is 5.69 Å². The van der Waals surface area contributed by atoms with Gasteiger partial charge < -0.3 is 14.5 Å². The fraction of sp³-hybridized carbons (Fsp3) is 0.292. The molecule has 0 aliphatic carbocycles. The van der Waals surface area contributed by atoms with Gasteiger partial charge in [0.15, 0.2) is 5.69 Å². The summed E-state index contributed by atoms with van der Waals surface area (Å²) in [7, 11) is 1.09. The van der Waals surface area contributed by atoms with Crippen LogP contribution in [0.2, 0.25) is 0 Å². The number of sulfonamides is 1. The van der Waals surface area contributed by atoms with Gasteiger partial charge in [0.2, 0.25) is 0 Å². The van der Waals surface area contributed by atoms with Gasteiger partial charge in [0.1, 0.15) is 17.3 Å². The SMILES string of the molecule is COc1ccc(-n2nc(C(F)(F)F)c3c2C(=O)N(c2ccc(C(=NS(C)(=O)=O)N(C)C)cc2)CC3)cc1. The van der Waals surface area contributed by atoms with Crippen LogP contribution in [0.5, 0.6) is 5.75 Å². The summed E-state index contributed by atoms with van der Waals surface area (Å²) >= 11 is 0. The topological polar surface area (TPSA) is 97.1 Å². The van der Waals surface area contributed by atoms with Crippen LogP contribution in [0.4, 0.5) is 18.9 Å². The maximum atomic E-state index is 13.8. The van der Waals surface area contributed by atoms with Crippen molar-refractivity contribution in [3.63, 3.8) is 0 Å². The first-order valence-corrected chi connectivity index (χ1v) is 12.9. The number of aromatic nitrogens is 2. The molecule has 0 saturated heterocycles. The van der Waals surface area contributed by atoms with E-state index in [9.17, 15) is 26.4 Å². The van der Waals surface area contributed by atoms with Gasteiger partial charge in [-0.3, -0.25) is 4.79 Å². The van der Waals surface area contributed by atoms with Crippen LogP contribution in [-0.2, 0) is 22.6 Å². The molecule has 0 unspecified atom stereocenters. The Morgan fingerprint density at radius 2 is 1.65 bits per heavy atom. The minimum Gasteiger partial charge on any atom is -0.497 e. The Morgan fingerprint density at radius 1 is 1.05 bits per heavy atom. The Labute approximate surface area is 211 Å². The molecule has 196 valence electrons. The molecule has 2 heterocycles. The van der Waals surface area contributed by atoms with Crippen LogP contribution in [-0.4, -0.2) is 68.8 Å². The van der Waals surface area contributed by atoms with Gasteiger partial charge in [0.05, 0.1) is 19.1 Å². The minimum absolute atomic E-state index is 0.0144. The molecule has 0 N–H and O–H groups in total. The lowest BCUT2D eigenvalue weighted by atomic mass is 10.0. The summed E-state index contributed by atoms with van der Waals surface area (Å²) in [6.45, 7) is 0.0144. The standard InChI is InChI=1S/C24H24F3N5O4S/c1-30(2)22(29-37(4,34)35)15-5-7-16(8-6-15)31-14-13-19-20(23(31)33)32(28-21(19)24(25,26)27)17-9-11-18(36-3)12-10-17/h5-12H,13-14H2,1-4H3. The predicted molar refractivity (Wildman–Crippen MR) is 132 cm³/mol. The number of rotatable bonds is 5. The number of ether oxygens (including phenoxy) is 1. The maximum absolute atomic E-state index is 13.8. The zero-order valence-electron chi connectivity index (χ0n) is 20.4. The van der Waals surface area contributed by atoms with Crippen LogP contribution in [0.1, 0.15) is 27.3 Å². The van der Waals surface area contributed by atoms with Gasteiger partial charge in [-0.1, -0.05) is 0 Å². The van der Waals surface area contributed by atoms with Crippen molar-refractivity contribution in [1.29, 1.82) is 0 Å². The lowest BCUT2D eigenvalue weighted by molar-refractivity contribution is -0.141. The molecule has 1 amide bonds. The van der Waals surface area contributed by atoms with Gasteiger partial charge >= 0.3 is 6.18 Å². The Kier molecular flexibility index (Phi) is 6.76. The summed E-state index contributed by atoms with van der Waals surface area (Å²) in [5.41, 5.74) is -0.198. The number of amidine groups is 1. The summed E-state index contributed by atoms with van der Waals surface area (Å²) in [6.07, 6.45) is -3.80. The van der Waals surface area contributed by atoms with Crippen LogP contribution in [0.3, 0.4) is 0 Å². The highest BCUT2D eigenvalue weighted by Gasteiger charge is 2.43. The molecular weight excluding hydrogens is 511 g/mol. The number of benzene rings is 2. The molecule has 37 heavy (non-hydrogen) atoms. The van der Waals surface area contributed by atoms with Crippen molar-refractivity contribution in [2.45, 2.75) is 12.6 Å². The monoisotopic (exact) mass is 535 g/mol. The number of fused-ring (bicyclic) bond motifs is 1. The third kappa shape index (κ3) is 5.31. The van der Waals surface area contributed by atoms with E-state index in [4.69, 9.17) is 4.74 Å². The van der Waals surface area contributed by atoms with Crippen molar-refractivity contribution < 1.29 is 31.1 Å². The molecule has 3 aromatic rings. The quantitative estimate of drug-likeness (QED) is 0.367. The van der Waals surface area contributed by atoms with E-state index in [1.54, 1.807) is 55.4 Å². The predicted octanol–water partition coefficient (Wildman–Crippen LogP) is 3.37. The summed E-state index contributed by atoms with van der Waals surface area (Å²) in [4.78, 5) is 16.5. The lowest BCUT2D eigenvalue weighted by Crippen LogP contribution is -2.39. The highest BCUT2D eigenvalue weighted by molar-refractivity contribution is 7.89. The van der Waals surface area contributed by atoms with E-state index in [1.807, 2.05) is 0 Å². The smallest absolute Gasteiger partial charge is 0.435 e. The third-order valence-corrected chi connectivity index (χ3v) is 6.22. The molecule has 2 aromatic carbocycles. The minimum atomic E-state index is -4.73. The first kappa shape index (κ1) is 26.2. The molecular formula is C24H24F3N5O4S. The second-order valence-electron chi connectivity index (χ2n) is 8.58.